The maximum absolute atomic E-state index is 8.12. The summed E-state index contributed by atoms with van der Waals surface area (Å²) in [5.74, 6) is 0. The van der Waals surface area contributed by atoms with Gasteiger partial charge in [-0.2, -0.15) is 9.59 Å². The normalized spacial score (nSPS) is 31.3. The minimum absolute atomic E-state index is 0.207. The summed E-state index contributed by atoms with van der Waals surface area (Å²) in [4.78, 5) is 20.3. The van der Waals surface area contributed by atoms with Gasteiger partial charge in [0.15, 0.2) is 0 Å². The number of fused-ring (bicyclic) bond motifs is 1. The quantitative estimate of drug-likeness (QED) is 0.560. The second kappa shape index (κ2) is 7.03. The number of hydrogen-bond donors (Lipinski definition) is 0. The molecule has 0 saturated carbocycles. The van der Waals surface area contributed by atoms with Crippen molar-refractivity contribution in [3.05, 3.63) is 47.9 Å². The Morgan fingerprint density at radius 1 is 1.45 bits per heavy atom. The molecule has 3 nitrogen and oxygen atoms in total. The summed E-state index contributed by atoms with van der Waals surface area (Å²) >= 11 is 0. The van der Waals surface area contributed by atoms with Gasteiger partial charge in [0.1, 0.15) is 0 Å². The second-order valence-corrected chi connectivity index (χ2v) is 5.67. The molecule has 2 rings (SSSR count). The molecule has 0 N–H and O–H groups in total. The van der Waals surface area contributed by atoms with Crippen molar-refractivity contribution >= 4 is 6.15 Å². The van der Waals surface area contributed by atoms with Gasteiger partial charge in [-0.25, -0.2) is 6.57 Å². The van der Waals surface area contributed by atoms with Crippen molar-refractivity contribution in [3.63, 3.8) is 0 Å². The van der Waals surface area contributed by atoms with Crippen LogP contribution < -0.4 is 0 Å². The van der Waals surface area contributed by atoms with Crippen molar-refractivity contribution in [2.45, 2.75) is 51.0 Å². The standard InChI is InChI=1S/C16H21N.CO2/c1-4-10-16(17-3)13-8-7-12-15(2)11-6-5-9-14(15)16;2-1-3/h4,7-9H,1,5-6,10-13H2,2H3;. The largest absolute Gasteiger partial charge is 0.373 e. The Kier molecular flexibility index (Phi) is 5.67. The van der Waals surface area contributed by atoms with Crippen molar-refractivity contribution in [1.29, 1.82) is 0 Å². The third-order valence-electron chi connectivity index (χ3n) is 4.32. The van der Waals surface area contributed by atoms with E-state index in [4.69, 9.17) is 16.2 Å². The Labute approximate surface area is 120 Å². The highest BCUT2D eigenvalue weighted by Crippen LogP contribution is 2.51. The summed E-state index contributed by atoms with van der Waals surface area (Å²) in [5, 5.41) is 0. The number of rotatable bonds is 2. The van der Waals surface area contributed by atoms with Crippen LogP contribution in [0.3, 0.4) is 0 Å². The van der Waals surface area contributed by atoms with E-state index in [1.165, 1.54) is 18.4 Å². The molecule has 0 aliphatic heterocycles. The van der Waals surface area contributed by atoms with E-state index < -0.39 is 0 Å². The van der Waals surface area contributed by atoms with E-state index in [-0.39, 0.29) is 17.1 Å². The highest BCUT2D eigenvalue weighted by atomic mass is 16.2. The molecule has 0 aromatic rings. The lowest BCUT2D eigenvalue weighted by atomic mass is 9.64. The zero-order valence-corrected chi connectivity index (χ0v) is 12.0. The molecule has 3 heteroatoms. The molecule has 2 aliphatic carbocycles. The Hall–Kier alpha value is -1.91. The third kappa shape index (κ3) is 3.15. The first-order chi connectivity index (χ1) is 9.58. The first kappa shape index (κ1) is 16.1. The number of allylic oxidation sites excluding steroid dienone is 2. The Morgan fingerprint density at radius 3 is 2.70 bits per heavy atom. The molecule has 0 fully saturated rings. The predicted molar refractivity (Wildman–Crippen MR) is 77.6 cm³/mol. The zero-order chi connectivity index (χ0) is 15.1. The zero-order valence-electron chi connectivity index (χ0n) is 12.0. The smallest absolute Gasteiger partial charge is 0.305 e. The molecule has 0 heterocycles. The van der Waals surface area contributed by atoms with Crippen molar-refractivity contribution in [1.82, 2.24) is 0 Å². The van der Waals surface area contributed by atoms with E-state index in [0.29, 0.717) is 0 Å². The summed E-state index contributed by atoms with van der Waals surface area (Å²) in [7, 11) is 0. The molecule has 2 aliphatic rings. The lowest BCUT2D eigenvalue weighted by Crippen LogP contribution is -2.36. The Balaban J connectivity index is 0.000000612. The van der Waals surface area contributed by atoms with Crippen LogP contribution in [-0.2, 0) is 9.59 Å². The minimum atomic E-state index is -0.343. The van der Waals surface area contributed by atoms with Crippen LogP contribution in [0.1, 0.15) is 45.4 Å². The SMILES string of the molecule is O=C=O.[C-]#[N+]C1(CC=C)CC=CCC2(C)CCCC=C21. The van der Waals surface area contributed by atoms with Crippen LogP contribution in [0.5, 0.6) is 0 Å². The predicted octanol–water partition coefficient (Wildman–Crippen LogP) is 4.10. The molecule has 2 atom stereocenters. The van der Waals surface area contributed by atoms with E-state index in [0.717, 1.165) is 25.7 Å². The van der Waals surface area contributed by atoms with E-state index in [1.807, 2.05) is 6.08 Å². The van der Waals surface area contributed by atoms with Crippen molar-refractivity contribution < 1.29 is 9.59 Å². The lowest BCUT2D eigenvalue weighted by molar-refractivity contribution is -0.191. The molecule has 2 unspecified atom stereocenters. The summed E-state index contributed by atoms with van der Waals surface area (Å²) < 4.78 is 0. The van der Waals surface area contributed by atoms with E-state index >= 15 is 0 Å². The van der Waals surface area contributed by atoms with E-state index in [9.17, 15) is 0 Å². The molecule has 0 saturated heterocycles. The van der Waals surface area contributed by atoms with Gasteiger partial charge >= 0.3 is 6.15 Å². The molecule has 106 valence electrons. The average Bonchev–Trinajstić information content (AvgIpc) is 2.58. The highest BCUT2D eigenvalue weighted by molar-refractivity contribution is 5.37. The van der Waals surface area contributed by atoms with Crippen LogP contribution in [0.2, 0.25) is 0 Å². The van der Waals surface area contributed by atoms with Crippen molar-refractivity contribution in [2.24, 2.45) is 5.41 Å². The van der Waals surface area contributed by atoms with E-state index in [2.05, 4.69) is 36.6 Å². The third-order valence-corrected chi connectivity index (χ3v) is 4.32. The van der Waals surface area contributed by atoms with Crippen LogP contribution in [0.4, 0.5) is 0 Å². The summed E-state index contributed by atoms with van der Waals surface area (Å²) in [6, 6.07) is 0. The first-order valence-electron chi connectivity index (χ1n) is 6.93. The molecule has 0 aromatic heterocycles. The van der Waals surface area contributed by atoms with Crippen LogP contribution in [0, 0.1) is 12.0 Å². The monoisotopic (exact) mass is 271 g/mol. The van der Waals surface area contributed by atoms with Gasteiger partial charge in [0.2, 0.25) is 0 Å². The van der Waals surface area contributed by atoms with Gasteiger partial charge in [-0.1, -0.05) is 31.2 Å². The molecule has 0 radical (unpaired) electrons. The lowest BCUT2D eigenvalue weighted by Gasteiger charge is -2.38. The van der Waals surface area contributed by atoms with Crippen LogP contribution >= 0.6 is 0 Å². The Morgan fingerprint density at radius 2 is 2.10 bits per heavy atom. The van der Waals surface area contributed by atoms with Crippen molar-refractivity contribution in [3.8, 4) is 0 Å². The van der Waals surface area contributed by atoms with Gasteiger partial charge in [-0.05, 0) is 31.1 Å². The molecule has 0 bridgehead atoms. The van der Waals surface area contributed by atoms with Crippen LogP contribution in [-0.4, -0.2) is 11.7 Å². The van der Waals surface area contributed by atoms with Gasteiger partial charge < -0.3 is 4.85 Å². The fourth-order valence-electron chi connectivity index (χ4n) is 3.40. The number of nitrogens with zero attached hydrogens (tertiary/aromatic N) is 1. The molecule has 0 amide bonds. The number of hydrogen-bond acceptors (Lipinski definition) is 2. The Bertz CT molecular complexity index is 492. The van der Waals surface area contributed by atoms with Gasteiger partial charge in [0.25, 0.3) is 5.54 Å². The first-order valence-corrected chi connectivity index (χ1v) is 6.93. The highest BCUT2D eigenvalue weighted by Gasteiger charge is 2.48. The molecule has 20 heavy (non-hydrogen) atoms. The minimum Gasteiger partial charge on any atom is -0.305 e. The molecular weight excluding hydrogens is 250 g/mol. The summed E-state index contributed by atoms with van der Waals surface area (Å²) in [5.41, 5.74) is 1.25. The fraction of sp³-hybridized carbons (Fsp3) is 0.529. The van der Waals surface area contributed by atoms with Gasteiger partial charge in [0.05, 0.1) is 0 Å². The van der Waals surface area contributed by atoms with E-state index in [1.54, 1.807) is 0 Å². The molecular formula is C17H21NO2. The van der Waals surface area contributed by atoms with Crippen LogP contribution in [0.15, 0.2) is 36.5 Å². The maximum Gasteiger partial charge on any atom is 0.373 e. The van der Waals surface area contributed by atoms with Crippen LogP contribution in [0.25, 0.3) is 4.85 Å². The van der Waals surface area contributed by atoms with Gasteiger partial charge in [-0.3, -0.25) is 0 Å². The van der Waals surface area contributed by atoms with Gasteiger partial charge in [-0.15, -0.1) is 6.58 Å². The number of carbonyl (C=O) groups excluding carboxylic acids is 2. The average molecular weight is 271 g/mol. The topological polar surface area (TPSA) is 38.5 Å². The van der Waals surface area contributed by atoms with Crippen molar-refractivity contribution in [2.75, 3.05) is 0 Å². The summed E-state index contributed by atoms with van der Waals surface area (Å²) in [6.07, 6.45) is 15.3. The summed E-state index contributed by atoms with van der Waals surface area (Å²) in [6.45, 7) is 13.8. The molecule has 0 spiro atoms. The fourth-order valence-corrected chi connectivity index (χ4v) is 3.40. The van der Waals surface area contributed by atoms with Gasteiger partial charge in [0, 0.05) is 18.4 Å². The molecule has 0 aromatic carbocycles. The second-order valence-electron chi connectivity index (χ2n) is 5.67. The maximum atomic E-state index is 8.12.